The van der Waals surface area contributed by atoms with Gasteiger partial charge in [-0.3, -0.25) is 14.4 Å². The van der Waals surface area contributed by atoms with E-state index in [4.69, 9.17) is 0 Å². The topological polar surface area (TPSA) is 62.6 Å². The maximum Gasteiger partial charge on any atom is 0.254 e. The fraction of sp³-hybridized carbons (Fsp3) is 0.381. The van der Waals surface area contributed by atoms with Crippen LogP contribution in [0.5, 0.6) is 0 Å². The summed E-state index contributed by atoms with van der Waals surface area (Å²) < 4.78 is 1.86. The highest BCUT2D eigenvalue weighted by atomic mass is 16.2. The summed E-state index contributed by atoms with van der Waals surface area (Å²) in [5.74, 6) is 0.430. The van der Waals surface area contributed by atoms with Crippen LogP contribution >= 0.6 is 0 Å². The minimum Gasteiger partial charge on any atom is -0.340 e. The van der Waals surface area contributed by atoms with Gasteiger partial charge in [0.05, 0.1) is 0 Å². The molecule has 6 heteroatoms. The molecule has 27 heavy (non-hydrogen) atoms. The van der Waals surface area contributed by atoms with Gasteiger partial charge in [0.25, 0.3) is 11.5 Å². The van der Waals surface area contributed by atoms with Gasteiger partial charge in [0.15, 0.2) is 0 Å². The Morgan fingerprint density at radius 2 is 1.85 bits per heavy atom. The zero-order chi connectivity index (χ0) is 18.5. The molecule has 0 unspecified atom stereocenters. The molecule has 138 valence electrons. The number of hydrogen-bond donors (Lipinski definition) is 0. The van der Waals surface area contributed by atoms with Crippen molar-refractivity contribution in [1.29, 1.82) is 0 Å². The molecule has 2 amide bonds. The third-order valence-electron chi connectivity index (χ3n) is 6.05. The Morgan fingerprint density at radius 3 is 2.70 bits per heavy atom. The summed E-state index contributed by atoms with van der Waals surface area (Å²) in [6.07, 6.45) is 1.02. The van der Waals surface area contributed by atoms with Crippen LogP contribution in [0.1, 0.15) is 34.0 Å². The number of aromatic nitrogens is 1. The molecule has 2 aromatic rings. The van der Waals surface area contributed by atoms with E-state index in [1.54, 1.807) is 17.0 Å². The molecule has 3 aliphatic rings. The van der Waals surface area contributed by atoms with Crippen LogP contribution in [0, 0.1) is 5.92 Å². The Labute approximate surface area is 157 Å². The first-order valence-electron chi connectivity index (χ1n) is 9.45. The van der Waals surface area contributed by atoms with Crippen molar-refractivity contribution >= 4 is 11.8 Å². The first kappa shape index (κ1) is 16.3. The zero-order valence-electron chi connectivity index (χ0n) is 15.0. The third-order valence-corrected chi connectivity index (χ3v) is 6.05. The molecular weight excluding hydrogens is 342 g/mol. The molecule has 0 N–H and O–H groups in total. The molecule has 0 spiro atoms. The molecule has 2 bridgehead atoms. The van der Waals surface area contributed by atoms with Gasteiger partial charge in [0.1, 0.15) is 6.54 Å². The van der Waals surface area contributed by atoms with Crippen LogP contribution in [-0.4, -0.2) is 45.8 Å². The average molecular weight is 363 g/mol. The Balaban J connectivity index is 1.32. The van der Waals surface area contributed by atoms with E-state index >= 15 is 0 Å². The Kier molecular flexibility index (Phi) is 3.67. The average Bonchev–Trinajstić information content (AvgIpc) is 2.98. The third kappa shape index (κ3) is 2.67. The number of benzene rings is 1. The maximum absolute atomic E-state index is 12.9. The molecule has 4 heterocycles. The summed E-state index contributed by atoms with van der Waals surface area (Å²) in [4.78, 5) is 41.1. The minimum absolute atomic E-state index is 0.00224. The van der Waals surface area contributed by atoms with Crippen molar-refractivity contribution < 1.29 is 9.59 Å². The summed E-state index contributed by atoms with van der Waals surface area (Å²) in [6, 6.07) is 12.9. The Morgan fingerprint density at radius 1 is 1.00 bits per heavy atom. The minimum atomic E-state index is -0.0620. The van der Waals surface area contributed by atoms with Gasteiger partial charge in [-0.1, -0.05) is 24.3 Å². The zero-order valence-corrected chi connectivity index (χ0v) is 15.0. The molecule has 1 aromatic heterocycles. The Hall–Kier alpha value is -2.89. The summed E-state index contributed by atoms with van der Waals surface area (Å²) in [5.41, 5.74) is 2.76. The van der Waals surface area contributed by atoms with E-state index in [0.29, 0.717) is 37.7 Å². The molecule has 1 saturated heterocycles. The predicted molar refractivity (Wildman–Crippen MR) is 99.3 cm³/mol. The second kappa shape index (κ2) is 6.08. The van der Waals surface area contributed by atoms with E-state index in [0.717, 1.165) is 17.7 Å². The highest BCUT2D eigenvalue weighted by molar-refractivity contribution is 6.00. The number of amides is 2. The molecule has 3 aliphatic heterocycles. The van der Waals surface area contributed by atoms with E-state index < -0.39 is 0 Å². The summed E-state index contributed by atoms with van der Waals surface area (Å²) in [7, 11) is 0. The lowest BCUT2D eigenvalue weighted by Gasteiger charge is -2.43. The van der Waals surface area contributed by atoms with E-state index in [-0.39, 0.29) is 29.8 Å². The van der Waals surface area contributed by atoms with Gasteiger partial charge in [-0.25, -0.2) is 0 Å². The monoisotopic (exact) mass is 363 g/mol. The lowest BCUT2D eigenvalue weighted by molar-refractivity contribution is -0.134. The molecule has 5 rings (SSSR count). The number of fused-ring (bicyclic) bond motifs is 5. The lowest BCUT2D eigenvalue weighted by atomic mass is 9.83. The number of piperidine rings is 1. The quantitative estimate of drug-likeness (QED) is 0.811. The molecule has 2 atom stereocenters. The fourth-order valence-corrected chi connectivity index (χ4v) is 4.81. The molecule has 1 aromatic carbocycles. The van der Waals surface area contributed by atoms with Crippen molar-refractivity contribution in [2.24, 2.45) is 5.92 Å². The van der Waals surface area contributed by atoms with Crippen molar-refractivity contribution in [3.8, 4) is 0 Å². The van der Waals surface area contributed by atoms with Crippen LogP contribution in [0.4, 0.5) is 0 Å². The van der Waals surface area contributed by atoms with Crippen LogP contribution in [0.15, 0.2) is 47.3 Å². The predicted octanol–water partition coefficient (Wildman–Crippen LogP) is 1.45. The summed E-state index contributed by atoms with van der Waals surface area (Å²) >= 11 is 0. The fourth-order valence-electron chi connectivity index (χ4n) is 4.81. The van der Waals surface area contributed by atoms with Gasteiger partial charge in [-0.2, -0.15) is 0 Å². The summed E-state index contributed by atoms with van der Waals surface area (Å²) in [6.45, 7) is 2.57. The van der Waals surface area contributed by atoms with E-state index in [1.165, 1.54) is 0 Å². The van der Waals surface area contributed by atoms with E-state index in [1.807, 2.05) is 39.8 Å². The molecule has 6 nitrogen and oxygen atoms in total. The second-order valence-corrected chi connectivity index (χ2v) is 7.82. The largest absolute Gasteiger partial charge is 0.340 e. The number of carbonyl (C=O) groups excluding carboxylic acids is 2. The van der Waals surface area contributed by atoms with Crippen molar-refractivity contribution in [1.82, 2.24) is 14.4 Å². The number of pyridine rings is 1. The number of rotatable bonds is 2. The van der Waals surface area contributed by atoms with E-state index in [2.05, 4.69) is 0 Å². The number of hydrogen-bond acceptors (Lipinski definition) is 3. The van der Waals surface area contributed by atoms with Crippen LogP contribution in [0.3, 0.4) is 0 Å². The van der Waals surface area contributed by atoms with Gasteiger partial charge in [-0.15, -0.1) is 0 Å². The smallest absolute Gasteiger partial charge is 0.254 e. The van der Waals surface area contributed by atoms with Crippen LogP contribution < -0.4 is 5.56 Å². The van der Waals surface area contributed by atoms with Crippen LogP contribution in [0.2, 0.25) is 0 Å². The molecule has 0 aliphatic carbocycles. The maximum atomic E-state index is 12.9. The SMILES string of the molecule is O=C(CN1Cc2ccccc2C1=O)N1C[C@@H]2C[C@H](C1)c1cccc(=O)n1C2. The Bertz CT molecular complexity index is 996. The standard InChI is InChI=1S/C21H21N3O3/c25-19-7-3-6-18-16-8-14(10-24(18)19)9-22(12-16)20(26)13-23-11-15-4-1-2-5-17(15)21(23)27/h1-7,14,16H,8-13H2/t14-,16+/m0/s1. The summed E-state index contributed by atoms with van der Waals surface area (Å²) in [5, 5.41) is 0. The number of likely N-dealkylation sites (tertiary alicyclic amines) is 1. The van der Waals surface area contributed by atoms with Crippen molar-refractivity contribution in [2.75, 3.05) is 19.6 Å². The van der Waals surface area contributed by atoms with Gasteiger partial charge in [0.2, 0.25) is 5.91 Å². The van der Waals surface area contributed by atoms with Crippen LogP contribution in [-0.2, 0) is 17.9 Å². The van der Waals surface area contributed by atoms with Gasteiger partial charge >= 0.3 is 0 Å². The van der Waals surface area contributed by atoms with Crippen LogP contribution in [0.25, 0.3) is 0 Å². The van der Waals surface area contributed by atoms with Gasteiger partial charge in [-0.05, 0) is 30.0 Å². The number of nitrogens with zero attached hydrogens (tertiary/aromatic N) is 3. The highest BCUT2D eigenvalue weighted by Gasteiger charge is 2.37. The molecular formula is C21H21N3O3. The highest BCUT2D eigenvalue weighted by Crippen LogP contribution is 2.35. The molecule has 0 radical (unpaired) electrons. The first-order valence-corrected chi connectivity index (χ1v) is 9.45. The first-order chi connectivity index (χ1) is 13.1. The molecule has 0 saturated carbocycles. The van der Waals surface area contributed by atoms with Gasteiger partial charge in [0, 0.05) is 49.4 Å². The normalized spacial score (nSPS) is 23.2. The second-order valence-electron chi connectivity index (χ2n) is 7.82. The van der Waals surface area contributed by atoms with E-state index in [9.17, 15) is 14.4 Å². The lowest BCUT2D eigenvalue weighted by Crippen LogP contribution is -2.51. The molecule has 1 fully saturated rings. The van der Waals surface area contributed by atoms with Crippen molar-refractivity contribution in [3.05, 3.63) is 69.6 Å². The van der Waals surface area contributed by atoms with Crippen molar-refractivity contribution in [2.45, 2.75) is 25.4 Å². The van der Waals surface area contributed by atoms with Gasteiger partial charge < -0.3 is 14.4 Å². The van der Waals surface area contributed by atoms with Crippen molar-refractivity contribution in [3.63, 3.8) is 0 Å². The number of carbonyl (C=O) groups is 2.